The lowest BCUT2D eigenvalue weighted by atomic mass is 10.1. The second-order valence-electron chi connectivity index (χ2n) is 5.21. The van der Waals surface area contributed by atoms with E-state index in [4.69, 9.17) is 0 Å². The molecule has 0 atom stereocenters. The Balaban J connectivity index is 1.76. The van der Waals surface area contributed by atoms with E-state index in [2.05, 4.69) is 22.6 Å². The topological polar surface area (TPSA) is 47.6 Å². The van der Waals surface area contributed by atoms with E-state index in [1.807, 2.05) is 23.1 Å². The molecule has 102 valence electrons. The normalized spacial score (nSPS) is 19.3. The molecule has 1 fully saturated rings. The Hall–Kier alpha value is -1.75. The van der Waals surface area contributed by atoms with E-state index in [1.54, 1.807) is 0 Å². The van der Waals surface area contributed by atoms with Gasteiger partial charge >= 0.3 is 0 Å². The number of fused-ring (bicyclic) bond motifs is 1. The molecule has 0 unspecified atom stereocenters. The molecule has 0 spiro atoms. The van der Waals surface area contributed by atoms with Gasteiger partial charge in [-0.3, -0.25) is 4.79 Å². The molecule has 1 aromatic rings. The van der Waals surface area contributed by atoms with E-state index in [9.17, 15) is 4.79 Å². The number of carbonyl (C=O) groups is 1. The Bertz CT molecular complexity index is 480. The molecule has 1 saturated heterocycles. The van der Waals surface area contributed by atoms with Crippen molar-refractivity contribution in [1.82, 2.24) is 9.80 Å². The lowest BCUT2D eigenvalue weighted by molar-refractivity contribution is 0.0664. The summed E-state index contributed by atoms with van der Waals surface area (Å²) in [7, 11) is 2.09. The summed E-state index contributed by atoms with van der Waals surface area (Å²) >= 11 is 0. The van der Waals surface area contributed by atoms with Crippen molar-refractivity contribution in [1.29, 1.82) is 0 Å². The highest BCUT2D eigenvalue weighted by molar-refractivity contribution is 5.96. The molecule has 1 amide bonds. The van der Waals surface area contributed by atoms with Crippen LogP contribution in [-0.2, 0) is 0 Å². The molecule has 2 aliphatic heterocycles. The SMILES string of the molecule is CN1CCN(C(=O)c2ccc3c(c2)NCCN3)CC1. The van der Waals surface area contributed by atoms with Crippen LogP contribution in [0.25, 0.3) is 0 Å². The lowest BCUT2D eigenvalue weighted by Gasteiger charge is -2.32. The van der Waals surface area contributed by atoms with Crippen LogP contribution in [0.4, 0.5) is 11.4 Å². The number of hydrogen-bond donors (Lipinski definition) is 2. The molecule has 0 radical (unpaired) electrons. The van der Waals surface area contributed by atoms with Crippen LogP contribution >= 0.6 is 0 Å². The van der Waals surface area contributed by atoms with Crippen LogP contribution in [0.5, 0.6) is 0 Å². The Morgan fingerprint density at radius 3 is 2.47 bits per heavy atom. The number of benzene rings is 1. The van der Waals surface area contributed by atoms with Crippen LogP contribution in [0.3, 0.4) is 0 Å². The Morgan fingerprint density at radius 2 is 1.74 bits per heavy atom. The van der Waals surface area contributed by atoms with Crippen molar-refractivity contribution in [2.75, 3.05) is 56.9 Å². The van der Waals surface area contributed by atoms with Gasteiger partial charge in [0.15, 0.2) is 0 Å². The maximum absolute atomic E-state index is 12.5. The fourth-order valence-electron chi connectivity index (χ4n) is 2.56. The van der Waals surface area contributed by atoms with Crippen molar-refractivity contribution in [3.63, 3.8) is 0 Å². The smallest absolute Gasteiger partial charge is 0.254 e. The molecule has 5 nitrogen and oxygen atoms in total. The van der Waals surface area contributed by atoms with Gasteiger partial charge in [-0.05, 0) is 25.2 Å². The standard InChI is InChI=1S/C14H20N4O/c1-17-6-8-18(9-7-17)14(19)11-2-3-12-13(10-11)16-5-4-15-12/h2-3,10,15-16H,4-9H2,1H3. The van der Waals surface area contributed by atoms with Crippen LogP contribution < -0.4 is 10.6 Å². The van der Waals surface area contributed by atoms with Gasteiger partial charge in [0.25, 0.3) is 5.91 Å². The Kier molecular flexibility index (Phi) is 3.29. The molecule has 0 aliphatic carbocycles. The average molecular weight is 260 g/mol. The number of anilines is 2. The number of carbonyl (C=O) groups excluding carboxylic acids is 1. The predicted octanol–water partition coefficient (Wildman–Crippen LogP) is 0.912. The first-order chi connectivity index (χ1) is 9.24. The predicted molar refractivity (Wildman–Crippen MR) is 76.8 cm³/mol. The monoisotopic (exact) mass is 260 g/mol. The Morgan fingerprint density at radius 1 is 1.05 bits per heavy atom. The van der Waals surface area contributed by atoms with Gasteiger partial charge in [0, 0.05) is 44.8 Å². The van der Waals surface area contributed by atoms with Crippen LogP contribution in [0.15, 0.2) is 18.2 Å². The second-order valence-corrected chi connectivity index (χ2v) is 5.21. The van der Waals surface area contributed by atoms with Crippen molar-refractivity contribution in [3.8, 4) is 0 Å². The van der Waals surface area contributed by atoms with Crippen molar-refractivity contribution in [2.45, 2.75) is 0 Å². The molecule has 0 aromatic heterocycles. The molecule has 2 aliphatic rings. The Labute approximate surface area is 113 Å². The first-order valence-electron chi connectivity index (χ1n) is 6.83. The van der Waals surface area contributed by atoms with Gasteiger partial charge in [-0.15, -0.1) is 0 Å². The molecule has 2 N–H and O–H groups in total. The summed E-state index contributed by atoms with van der Waals surface area (Å²) in [4.78, 5) is 16.6. The van der Waals surface area contributed by atoms with E-state index in [0.29, 0.717) is 0 Å². The van der Waals surface area contributed by atoms with Crippen molar-refractivity contribution in [2.24, 2.45) is 0 Å². The summed E-state index contributed by atoms with van der Waals surface area (Å²) < 4.78 is 0. The van der Waals surface area contributed by atoms with Crippen LogP contribution in [0.1, 0.15) is 10.4 Å². The van der Waals surface area contributed by atoms with E-state index in [0.717, 1.165) is 56.2 Å². The molecular formula is C14H20N4O. The zero-order chi connectivity index (χ0) is 13.2. The molecule has 19 heavy (non-hydrogen) atoms. The highest BCUT2D eigenvalue weighted by atomic mass is 16.2. The average Bonchev–Trinajstić information content (AvgIpc) is 2.47. The molecule has 0 bridgehead atoms. The number of nitrogens with one attached hydrogen (secondary N) is 2. The quantitative estimate of drug-likeness (QED) is 0.788. The fraction of sp³-hybridized carbons (Fsp3) is 0.500. The van der Waals surface area contributed by atoms with Gasteiger partial charge in [-0.25, -0.2) is 0 Å². The molecular weight excluding hydrogens is 240 g/mol. The summed E-state index contributed by atoms with van der Waals surface area (Å²) in [6, 6.07) is 5.87. The van der Waals surface area contributed by atoms with E-state index >= 15 is 0 Å². The summed E-state index contributed by atoms with van der Waals surface area (Å²) in [5.41, 5.74) is 2.90. The van der Waals surface area contributed by atoms with E-state index < -0.39 is 0 Å². The highest BCUT2D eigenvalue weighted by Gasteiger charge is 2.21. The molecule has 5 heteroatoms. The zero-order valence-electron chi connectivity index (χ0n) is 11.3. The summed E-state index contributed by atoms with van der Waals surface area (Å²) in [5, 5.41) is 6.65. The van der Waals surface area contributed by atoms with E-state index in [-0.39, 0.29) is 5.91 Å². The zero-order valence-corrected chi connectivity index (χ0v) is 11.3. The molecule has 0 saturated carbocycles. The third kappa shape index (κ3) is 2.51. The van der Waals surface area contributed by atoms with Crippen molar-refractivity contribution < 1.29 is 4.79 Å². The van der Waals surface area contributed by atoms with Gasteiger partial charge in [-0.2, -0.15) is 0 Å². The maximum Gasteiger partial charge on any atom is 0.254 e. The number of amides is 1. The molecule has 3 rings (SSSR count). The van der Waals surface area contributed by atoms with Gasteiger partial charge in [0.05, 0.1) is 11.4 Å². The van der Waals surface area contributed by atoms with Gasteiger partial charge in [0.2, 0.25) is 0 Å². The van der Waals surface area contributed by atoms with Crippen LogP contribution in [-0.4, -0.2) is 62.0 Å². The summed E-state index contributed by atoms with van der Waals surface area (Å²) in [6.45, 7) is 5.38. The first-order valence-corrected chi connectivity index (χ1v) is 6.83. The fourth-order valence-corrected chi connectivity index (χ4v) is 2.56. The van der Waals surface area contributed by atoms with Gasteiger partial charge in [0.1, 0.15) is 0 Å². The summed E-state index contributed by atoms with van der Waals surface area (Å²) in [5.74, 6) is 0.142. The molecule has 2 heterocycles. The van der Waals surface area contributed by atoms with Crippen LogP contribution in [0, 0.1) is 0 Å². The minimum Gasteiger partial charge on any atom is -0.382 e. The number of hydrogen-bond acceptors (Lipinski definition) is 4. The third-order valence-corrected chi connectivity index (χ3v) is 3.81. The first kappa shape index (κ1) is 12.3. The summed E-state index contributed by atoms with van der Waals surface area (Å²) in [6.07, 6.45) is 0. The minimum absolute atomic E-state index is 0.142. The highest BCUT2D eigenvalue weighted by Crippen LogP contribution is 2.26. The van der Waals surface area contributed by atoms with Gasteiger partial charge in [-0.1, -0.05) is 0 Å². The van der Waals surface area contributed by atoms with Crippen LogP contribution in [0.2, 0.25) is 0 Å². The van der Waals surface area contributed by atoms with Crippen molar-refractivity contribution >= 4 is 17.3 Å². The largest absolute Gasteiger partial charge is 0.382 e. The number of rotatable bonds is 1. The number of piperazine rings is 1. The van der Waals surface area contributed by atoms with Gasteiger partial charge < -0.3 is 20.4 Å². The maximum atomic E-state index is 12.5. The van der Waals surface area contributed by atoms with Crippen molar-refractivity contribution in [3.05, 3.63) is 23.8 Å². The number of nitrogens with zero attached hydrogens (tertiary/aromatic N) is 2. The molecule has 1 aromatic carbocycles. The lowest BCUT2D eigenvalue weighted by Crippen LogP contribution is -2.47. The number of likely N-dealkylation sites (N-methyl/N-ethyl adjacent to an activating group) is 1. The second kappa shape index (κ2) is 5.09. The minimum atomic E-state index is 0.142. The third-order valence-electron chi connectivity index (χ3n) is 3.81. The van der Waals surface area contributed by atoms with E-state index in [1.165, 1.54) is 0 Å².